The van der Waals surface area contributed by atoms with Crippen LogP contribution in [-0.2, 0) is 17.8 Å². The number of nitrogens with one attached hydrogen (secondary N) is 1. The Hall–Kier alpha value is -3.16. The molecule has 0 aliphatic carbocycles. The Morgan fingerprint density at radius 2 is 1.97 bits per heavy atom. The molecule has 2 aromatic rings. The molecule has 0 saturated heterocycles. The van der Waals surface area contributed by atoms with Crippen molar-refractivity contribution in [2.45, 2.75) is 19.1 Å². The van der Waals surface area contributed by atoms with Gasteiger partial charge in [0.1, 0.15) is 5.75 Å². The lowest BCUT2D eigenvalue weighted by molar-refractivity contribution is -0.123. The van der Waals surface area contributed by atoms with Crippen LogP contribution in [0.5, 0.6) is 5.75 Å². The number of aliphatic imine (C=N–C) groups is 1. The van der Waals surface area contributed by atoms with Gasteiger partial charge >= 0.3 is 0 Å². The van der Waals surface area contributed by atoms with Crippen molar-refractivity contribution in [1.29, 1.82) is 0 Å². The maximum absolute atomic E-state index is 12.3. The van der Waals surface area contributed by atoms with Gasteiger partial charge in [-0.2, -0.15) is 0 Å². The van der Waals surface area contributed by atoms with Crippen molar-refractivity contribution in [2.24, 2.45) is 4.99 Å². The van der Waals surface area contributed by atoms with Crippen molar-refractivity contribution in [3.8, 4) is 5.75 Å². The normalized spacial score (nSPS) is 14.9. The minimum Gasteiger partial charge on any atom is -0.483 e. The molecule has 0 spiro atoms. The second kappa shape index (κ2) is 11.5. The molecule has 1 atom stereocenters. The monoisotopic (exact) mass is 436 g/mol. The number of ether oxygens (including phenoxy) is 1. The maximum atomic E-state index is 12.3. The van der Waals surface area contributed by atoms with Crippen molar-refractivity contribution in [3.05, 3.63) is 71.4 Å². The van der Waals surface area contributed by atoms with Gasteiger partial charge in [-0.25, -0.2) is 0 Å². The predicted octanol–water partition coefficient (Wildman–Crippen LogP) is 2.16. The highest BCUT2D eigenvalue weighted by Gasteiger charge is 2.19. The summed E-state index contributed by atoms with van der Waals surface area (Å²) in [6.07, 6.45) is 2.17. The quantitative estimate of drug-likeness (QED) is 0.558. The van der Waals surface area contributed by atoms with Gasteiger partial charge in [0, 0.05) is 52.0 Å². The minimum atomic E-state index is -0.643. The van der Waals surface area contributed by atoms with Crippen molar-refractivity contribution in [1.82, 2.24) is 15.1 Å². The van der Waals surface area contributed by atoms with Crippen LogP contribution >= 0.6 is 0 Å². The van der Waals surface area contributed by atoms with E-state index in [1.165, 1.54) is 11.1 Å². The Kier molecular flexibility index (Phi) is 8.41. The first-order valence-corrected chi connectivity index (χ1v) is 10.8. The van der Waals surface area contributed by atoms with Gasteiger partial charge in [0.15, 0.2) is 6.61 Å². The summed E-state index contributed by atoms with van der Waals surface area (Å²) in [6.45, 7) is 5.90. The molecule has 7 nitrogen and oxygen atoms in total. The standard InChI is InChI=1S/C25H32N4O3/c1-26-23(17-28(2)3)22-10-6-7-11-24(22)32-18-25(31)27-14-21(30)16-29-13-12-19-8-4-5-9-20(19)15-29/h4-11,17,21,30H,1,12-16,18H2,2-3H3,(H,27,31)/b23-17-. The smallest absolute Gasteiger partial charge is 0.258 e. The van der Waals surface area contributed by atoms with Crippen LogP contribution in [0.4, 0.5) is 0 Å². The predicted molar refractivity (Wildman–Crippen MR) is 128 cm³/mol. The molecule has 2 N–H and O–H groups in total. The molecular weight excluding hydrogens is 404 g/mol. The Morgan fingerprint density at radius 1 is 1.25 bits per heavy atom. The van der Waals surface area contributed by atoms with Crippen molar-refractivity contribution < 1.29 is 14.6 Å². The number of amides is 1. The SMILES string of the molecule is C=N/C(=C\N(C)C)c1ccccc1OCC(=O)NCC(O)CN1CCc2ccccc2C1. The number of carbonyl (C=O) groups excluding carboxylic acids is 1. The second-order valence-electron chi connectivity index (χ2n) is 8.13. The summed E-state index contributed by atoms with van der Waals surface area (Å²) in [6, 6.07) is 15.8. The van der Waals surface area contributed by atoms with E-state index in [2.05, 4.69) is 40.1 Å². The first kappa shape index (κ1) is 23.5. The number of carbonyl (C=O) groups is 1. The molecule has 32 heavy (non-hydrogen) atoms. The third kappa shape index (κ3) is 6.67. The fourth-order valence-electron chi connectivity index (χ4n) is 3.74. The number of β-amino-alcohol motifs (C(OH)–C–C–N with tert-alkyl or cyclic N) is 1. The largest absolute Gasteiger partial charge is 0.483 e. The highest BCUT2D eigenvalue weighted by Crippen LogP contribution is 2.26. The van der Waals surface area contributed by atoms with E-state index >= 15 is 0 Å². The Morgan fingerprint density at radius 3 is 2.72 bits per heavy atom. The van der Waals surface area contributed by atoms with E-state index in [0.29, 0.717) is 18.0 Å². The zero-order valence-corrected chi connectivity index (χ0v) is 18.8. The van der Waals surface area contributed by atoms with Crippen LogP contribution in [0.15, 0.2) is 59.7 Å². The average Bonchev–Trinajstić information content (AvgIpc) is 2.80. The molecule has 0 saturated carbocycles. The summed E-state index contributed by atoms with van der Waals surface area (Å²) in [5.41, 5.74) is 4.09. The third-order valence-corrected chi connectivity index (χ3v) is 5.29. The van der Waals surface area contributed by atoms with E-state index in [0.717, 1.165) is 25.1 Å². The molecule has 1 aliphatic rings. The van der Waals surface area contributed by atoms with Crippen molar-refractivity contribution in [3.63, 3.8) is 0 Å². The number of hydrogen-bond acceptors (Lipinski definition) is 6. The first-order valence-electron chi connectivity index (χ1n) is 10.8. The lowest BCUT2D eigenvalue weighted by Gasteiger charge is -2.30. The summed E-state index contributed by atoms with van der Waals surface area (Å²) < 4.78 is 5.73. The van der Waals surface area contributed by atoms with E-state index < -0.39 is 6.10 Å². The Labute approximate surface area is 190 Å². The molecule has 0 radical (unpaired) electrons. The number of fused-ring (bicyclic) bond motifs is 1. The molecule has 1 unspecified atom stereocenters. The number of aliphatic hydroxyl groups is 1. The van der Waals surface area contributed by atoms with Crippen LogP contribution < -0.4 is 10.1 Å². The lowest BCUT2D eigenvalue weighted by Crippen LogP contribution is -2.42. The molecular formula is C25H32N4O3. The van der Waals surface area contributed by atoms with Crippen molar-refractivity contribution in [2.75, 3.05) is 40.3 Å². The van der Waals surface area contributed by atoms with E-state index in [1.54, 1.807) is 6.07 Å². The van der Waals surface area contributed by atoms with E-state index in [9.17, 15) is 9.90 Å². The molecule has 2 aromatic carbocycles. The summed E-state index contributed by atoms with van der Waals surface area (Å²) >= 11 is 0. The fourth-order valence-corrected chi connectivity index (χ4v) is 3.74. The zero-order chi connectivity index (χ0) is 22.9. The third-order valence-electron chi connectivity index (χ3n) is 5.29. The van der Waals surface area contributed by atoms with Gasteiger partial charge in [-0.3, -0.25) is 14.7 Å². The molecule has 0 bridgehead atoms. The average molecular weight is 437 g/mol. The van der Waals surface area contributed by atoms with Crippen LogP contribution in [0, 0.1) is 0 Å². The van der Waals surface area contributed by atoms with Gasteiger partial charge in [0.25, 0.3) is 5.91 Å². The summed E-state index contributed by atoms with van der Waals surface area (Å²) in [5, 5.41) is 13.1. The summed E-state index contributed by atoms with van der Waals surface area (Å²) in [4.78, 5) is 20.4. The maximum Gasteiger partial charge on any atom is 0.258 e. The van der Waals surface area contributed by atoms with Gasteiger partial charge in [-0.05, 0) is 36.4 Å². The van der Waals surface area contributed by atoms with E-state index in [1.807, 2.05) is 49.5 Å². The summed E-state index contributed by atoms with van der Waals surface area (Å²) in [5.74, 6) is 0.267. The number of benzene rings is 2. The summed E-state index contributed by atoms with van der Waals surface area (Å²) in [7, 11) is 3.80. The molecule has 7 heteroatoms. The van der Waals surface area contributed by atoms with E-state index in [-0.39, 0.29) is 19.1 Å². The van der Waals surface area contributed by atoms with Crippen molar-refractivity contribution >= 4 is 18.3 Å². The Bertz CT molecular complexity index is 958. The molecule has 1 aliphatic heterocycles. The fraction of sp³-hybridized carbons (Fsp3) is 0.360. The molecule has 0 aromatic heterocycles. The highest BCUT2D eigenvalue weighted by molar-refractivity contribution is 5.78. The number of aliphatic hydroxyl groups excluding tert-OH is 1. The zero-order valence-electron chi connectivity index (χ0n) is 18.8. The topological polar surface area (TPSA) is 77.4 Å². The van der Waals surface area contributed by atoms with Crippen LogP contribution in [0.25, 0.3) is 5.70 Å². The van der Waals surface area contributed by atoms with Gasteiger partial charge in [-0.1, -0.05) is 36.4 Å². The molecule has 170 valence electrons. The van der Waals surface area contributed by atoms with Crippen LogP contribution in [0.2, 0.25) is 0 Å². The Balaban J connectivity index is 1.46. The number of rotatable bonds is 10. The highest BCUT2D eigenvalue weighted by atomic mass is 16.5. The van der Waals surface area contributed by atoms with Gasteiger partial charge in [0.2, 0.25) is 0 Å². The molecule has 1 heterocycles. The minimum absolute atomic E-state index is 0.146. The van der Waals surface area contributed by atoms with Crippen LogP contribution in [-0.4, -0.2) is 74.0 Å². The molecule has 0 fully saturated rings. The number of hydrogen-bond donors (Lipinski definition) is 2. The molecule has 3 rings (SSSR count). The number of nitrogens with zero attached hydrogens (tertiary/aromatic N) is 3. The first-order chi connectivity index (χ1) is 15.5. The number of para-hydroxylation sites is 1. The second-order valence-corrected chi connectivity index (χ2v) is 8.13. The lowest BCUT2D eigenvalue weighted by atomic mass is 10.00. The van der Waals surface area contributed by atoms with Gasteiger partial charge < -0.3 is 20.1 Å². The van der Waals surface area contributed by atoms with E-state index in [4.69, 9.17) is 4.74 Å². The molecule has 1 amide bonds. The van der Waals surface area contributed by atoms with Gasteiger partial charge in [0.05, 0.1) is 11.8 Å². The van der Waals surface area contributed by atoms with Crippen LogP contribution in [0.3, 0.4) is 0 Å². The van der Waals surface area contributed by atoms with Crippen LogP contribution in [0.1, 0.15) is 16.7 Å². The van der Waals surface area contributed by atoms with Gasteiger partial charge in [-0.15, -0.1) is 0 Å².